The lowest BCUT2D eigenvalue weighted by molar-refractivity contribution is -0.125. The number of methoxy groups -OCH3 is 1. The van der Waals surface area contributed by atoms with E-state index in [0.29, 0.717) is 0 Å². The van der Waals surface area contributed by atoms with Gasteiger partial charge in [0.2, 0.25) is 5.91 Å². The maximum absolute atomic E-state index is 12.1. The Labute approximate surface area is 143 Å². The molecule has 0 spiro atoms. The van der Waals surface area contributed by atoms with Gasteiger partial charge < -0.3 is 20.2 Å². The fourth-order valence-corrected chi connectivity index (χ4v) is 2.41. The van der Waals surface area contributed by atoms with Gasteiger partial charge in [-0.2, -0.15) is 0 Å². The average molecular weight is 341 g/mol. The fourth-order valence-electron chi connectivity index (χ4n) is 2.41. The molecule has 2 rings (SSSR count). The number of fused-ring (bicyclic) bond motifs is 1. The number of halogens is 1. The number of carbonyl (C=O) groups excluding carboxylic acids is 1. The number of nitrogens with one attached hydrogen (secondary N) is 1. The zero-order valence-electron chi connectivity index (χ0n) is 14.2. The van der Waals surface area contributed by atoms with Gasteiger partial charge in [-0.05, 0) is 39.0 Å². The van der Waals surface area contributed by atoms with Crippen LogP contribution in [0, 0.1) is 12.8 Å². The van der Waals surface area contributed by atoms with Crippen LogP contribution in [0.4, 0.5) is 0 Å². The first-order chi connectivity index (χ1) is 10.3. The highest BCUT2D eigenvalue weighted by molar-refractivity contribution is 5.85. The zero-order valence-corrected chi connectivity index (χ0v) is 15.0. The summed E-state index contributed by atoms with van der Waals surface area (Å²) in [7, 11) is 1.63. The van der Waals surface area contributed by atoms with Gasteiger partial charge in [0, 0.05) is 22.9 Å². The van der Waals surface area contributed by atoms with Crippen molar-refractivity contribution in [3.63, 3.8) is 0 Å². The standard InChI is InChI=1S/C17H24N2O3.ClH/c1-9(11(3)18)17(20)19-12(4)16-10(2)14-8-13(21-5)6-7-15(14)22-16;/h6-9,11-12H,18H2,1-5H3,(H,19,20);1H. The SMILES string of the molecule is COc1ccc2oc(C(C)NC(=O)C(C)C(C)N)c(C)c2c1.Cl. The van der Waals surface area contributed by atoms with Gasteiger partial charge in [0.15, 0.2) is 0 Å². The van der Waals surface area contributed by atoms with E-state index in [0.717, 1.165) is 28.0 Å². The van der Waals surface area contributed by atoms with E-state index in [1.165, 1.54) is 0 Å². The van der Waals surface area contributed by atoms with Crippen molar-refractivity contribution in [3.8, 4) is 5.75 Å². The number of furan rings is 1. The molecule has 0 aliphatic rings. The van der Waals surface area contributed by atoms with Crippen molar-refractivity contribution in [3.05, 3.63) is 29.5 Å². The van der Waals surface area contributed by atoms with E-state index in [1.54, 1.807) is 7.11 Å². The molecular weight excluding hydrogens is 316 g/mol. The van der Waals surface area contributed by atoms with Crippen LogP contribution in [0.3, 0.4) is 0 Å². The number of ether oxygens (including phenoxy) is 1. The van der Waals surface area contributed by atoms with E-state index in [9.17, 15) is 4.79 Å². The molecule has 1 heterocycles. The Morgan fingerprint density at radius 1 is 1.30 bits per heavy atom. The second kappa shape index (κ2) is 7.70. The first-order valence-electron chi connectivity index (χ1n) is 7.48. The maximum Gasteiger partial charge on any atom is 0.224 e. The van der Waals surface area contributed by atoms with Gasteiger partial charge in [0.1, 0.15) is 17.1 Å². The topological polar surface area (TPSA) is 77.5 Å². The molecule has 0 aliphatic heterocycles. The predicted molar refractivity (Wildman–Crippen MR) is 94.1 cm³/mol. The van der Waals surface area contributed by atoms with Gasteiger partial charge in [0.25, 0.3) is 0 Å². The van der Waals surface area contributed by atoms with Crippen LogP contribution in [0.25, 0.3) is 11.0 Å². The number of hydrogen-bond acceptors (Lipinski definition) is 4. The molecule has 0 fully saturated rings. The van der Waals surface area contributed by atoms with E-state index < -0.39 is 0 Å². The molecule has 3 N–H and O–H groups in total. The number of amides is 1. The van der Waals surface area contributed by atoms with Gasteiger partial charge in [0.05, 0.1) is 13.2 Å². The normalized spacial score (nSPS) is 14.7. The molecule has 0 saturated carbocycles. The molecular formula is C17H25ClN2O3. The summed E-state index contributed by atoms with van der Waals surface area (Å²) in [6.07, 6.45) is 0. The molecule has 1 amide bonds. The van der Waals surface area contributed by atoms with Gasteiger partial charge in [-0.25, -0.2) is 0 Å². The first kappa shape index (κ1) is 19.3. The van der Waals surface area contributed by atoms with Crippen LogP contribution in [0.2, 0.25) is 0 Å². The lowest BCUT2D eigenvalue weighted by Gasteiger charge is -2.19. The minimum Gasteiger partial charge on any atom is -0.497 e. The summed E-state index contributed by atoms with van der Waals surface area (Å²) in [5, 5.41) is 3.96. The van der Waals surface area contributed by atoms with E-state index >= 15 is 0 Å². The Morgan fingerprint density at radius 3 is 2.52 bits per heavy atom. The van der Waals surface area contributed by atoms with Crippen molar-refractivity contribution < 1.29 is 13.9 Å². The summed E-state index contributed by atoms with van der Waals surface area (Å²) in [6, 6.07) is 5.28. The smallest absolute Gasteiger partial charge is 0.224 e. The first-order valence-corrected chi connectivity index (χ1v) is 7.48. The summed E-state index contributed by atoms with van der Waals surface area (Å²) < 4.78 is 11.1. The third-order valence-corrected chi connectivity index (χ3v) is 4.13. The molecule has 6 heteroatoms. The van der Waals surface area contributed by atoms with Gasteiger partial charge in [-0.15, -0.1) is 12.4 Å². The molecule has 0 aliphatic carbocycles. The summed E-state index contributed by atoms with van der Waals surface area (Å²) in [6.45, 7) is 7.54. The predicted octanol–water partition coefficient (Wildman–Crippen LogP) is 3.33. The maximum atomic E-state index is 12.1. The van der Waals surface area contributed by atoms with Crippen LogP contribution in [-0.2, 0) is 4.79 Å². The van der Waals surface area contributed by atoms with E-state index in [4.69, 9.17) is 14.9 Å². The van der Waals surface area contributed by atoms with Crippen molar-refractivity contribution in [1.29, 1.82) is 0 Å². The van der Waals surface area contributed by atoms with Crippen molar-refractivity contribution in [2.24, 2.45) is 11.7 Å². The van der Waals surface area contributed by atoms with E-state index in [1.807, 2.05) is 45.9 Å². The summed E-state index contributed by atoms with van der Waals surface area (Å²) >= 11 is 0. The Morgan fingerprint density at radius 2 is 1.96 bits per heavy atom. The van der Waals surface area contributed by atoms with Crippen LogP contribution in [0.1, 0.15) is 38.1 Å². The fraction of sp³-hybridized carbons (Fsp3) is 0.471. The molecule has 1 aromatic carbocycles. The largest absolute Gasteiger partial charge is 0.497 e. The van der Waals surface area contributed by atoms with Crippen molar-refractivity contribution in [1.82, 2.24) is 5.32 Å². The average Bonchev–Trinajstić information content (AvgIpc) is 2.82. The van der Waals surface area contributed by atoms with Crippen LogP contribution >= 0.6 is 12.4 Å². The Hall–Kier alpha value is -1.72. The summed E-state index contributed by atoms with van der Waals surface area (Å²) in [4.78, 5) is 12.1. The van der Waals surface area contributed by atoms with Crippen molar-refractivity contribution in [2.45, 2.75) is 39.8 Å². The Bertz CT molecular complexity index is 682. The quantitative estimate of drug-likeness (QED) is 0.875. The number of hydrogen-bond donors (Lipinski definition) is 2. The minimum atomic E-state index is -0.243. The second-order valence-corrected chi connectivity index (χ2v) is 5.83. The third-order valence-electron chi connectivity index (χ3n) is 4.13. The molecule has 2 aromatic rings. The Kier molecular flexibility index (Phi) is 6.47. The lowest BCUT2D eigenvalue weighted by Crippen LogP contribution is -2.39. The number of nitrogens with two attached hydrogens (primary N) is 1. The molecule has 0 radical (unpaired) electrons. The summed E-state index contributed by atoms with van der Waals surface area (Å²) in [5.74, 6) is 1.23. The molecule has 3 unspecified atom stereocenters. The molecule has 5 nitrogen and oxygen atoms in total. The molecule has 0 saturated heterocycles. The highest BCUT2D eigenvalue weighted by Gasteiger charge is 2.23. The minimum absolute atomic E-state index is 0. The van der Waals surface area contributed by atoms with Crippen molar-refractivity contribution >= 4 is 29.3 Å². The molecule has 3 atom stereocenters. The Balaban J connectivity index is 0.00000264. The lowest BCUT2D eigenvalue weighted by atomic mass is 10.0. The van der Waals surface area contributed by atoms with Crippen LogP contribution in [0.5, 0.6) is 5.75 Å². The van der Waals surface area contributed by atoms with Gasteiger partial charge >= 0.3 is 0 Å². The van der Waals surface area contributed by atoms with Crippen molar-refractivity contribution in [2.75, 3.05) is 7.11 Å². The number of rotatable bonds is 5. The molecule has 23 heavy (non-hydrogen) atoms. The molecule has 0 bridgehead atoms. The number of benzene rings is 1. The van der Waals surface area contributed by atoms with Gasteiger partial charge in [-0.1, -0.05) is 6.92 Å². The molecule has 128 valence electrons. The highest BCUT2D eigenvalue weighted by Crippen LogP contribution is 2.32. The zero-order chi connectivity index (χ0) is 16.4. The van der Waals surface area contributed by atoms with Crippen LogP contribution in [-0.4, -0.2) is 19.1 Å². The van der Waals surface area contributed by atoms with E-state index in [-0.39, 0.29) is 36.3 Å². The third kappa shape index (κ3) is 3.98. The van der Waals surface area contributed by atoms with E-state index in [2.05, 4.69) is 5.32 Å². The van der Waals surface area contributed by atoms with Gasteiger partial charge in [-0.3, -0.25) is 4.79 Å². The number of aryl methyl sites for hydroxylation is 1. The van der Waals surface area contributed by atoms with Crippen LogP contribution in [0.15, 0.2) is 22.6 Å². The number of carbonyl (C=O) groups is 1. The second-order valence-electron chi connectivity index (χ2n) is 5.83. The summed E-state index contributed by atoms with van der Waals surface area (Å²) in [5.41, 5.74) is 7.57. The van der Waals surface area contributed by atoms with Crippen LogP contribution < -0.4 is 15.8 Å². The monoisotopic (exact) mass is 340 g/mol. The highest BCUT2D eigenvalue weighted by atomic mass is 35.5. The molecule has 1 aromatic heterocycles.